The molecule has 0 fully saturated rings. The molecule has 1 aromatic carbocycles. The Kier molecular flexibility index (Phi) is 3.21. The first-order valence-corrected chi connectivity index (χ1v) is 6.84. The monoisotopic (exact) mass is 316 g/mol. The molecule has 0 atom stereocenters. The highest BCUT2D eigenvalue weighted by molar-refractivity contribution is 9.10. The summed E-state index contributed by atoms with van der Waals surface area (Å²) in [5.41, 5.74) is 9.00. The van der Waals surface area contributed by atoms with E-state index in [4.69, 9.17) is 5.73 Å². The van der Waals surface area contributed by atoms with Crippen molar-refractivity contribution in [2.75, 3.05) is 5.73 Å². The zero-order valence-electron chi connectivity index (χ0n) is 10.3. The second-order valence-electron chi connectivity index (χ2n) is 4.33. The molecule has 0 aliphatic heterocycles. The van der Waals surface area contributed by atoms with E-state index >= 15 is 0 Å². The van der Waals surface area contributed by atoms with Gasteiger partial charge in [0, 0.05) is 29.3 Å². The molecule has 0 saturated carbocycles. The van der Waals surface area contributed by atoms with E-state index < -0.39 is 0 Å². The quantitative estimate of drug-likeness (QED) is 0.808. The lowest BCUT2D eigenvalue weighted by molar-refractivity contribution is 0.713. The number of anilines is 1. The van der Waals surface area contributed by atoms with Gasteiger partial charge >= 0.3 is 0 Å². The molecule has 3 rings (SSSR count). The van der Waals surface area contributed by atoms with Gasteiger partial charge in [-0.1, -0.05) is 22.0 Å². The van der Waals surface area contributed by atoms with Gasteiger partial charge in [-0.25, -0.2) is 4.98 Å². The van der Waals surface area contributed by atoms with E-state index in [1.165, 1.54) is 0 Å². The number of fused-ring (bicyclic) bond motifs is 1. The van der Waals surface area contributed by atoms with Gasteiger partial charge < -0.3 is 10.3 Å². The van der Waals surface area contributed by atoms with Crippen molar-refractivity contribution >= 4 is 32.9 Å². The Hall–Kier alpha value is -1.88. The fourth-order valence-corrected chi connectivity index (χ4v) is 2.47. The highest BCUT2D eigenvalue weighted by Crippen LogP contribution is 2.22. The van der Waals surface area contributed by atoms with Gasteiger partial charge in [-0.15, -0.1) is 0 Å². The molecule has 2 aromatic heterocycles. The van der Waals surface area contributed by atoms with Crippen LogP contribution in [0, 0.1) is 0 Å². The summed E-state index contributed by atoms with van der Waals surface area (Å²) in [6, 6.07) is 11.9. The molecule has 4 nitrogen and oxygen atoms in total. The van der Waals surface area contributed by atoms with Crippen molar-refractivity contribution < 1.29 is 0 Å². The minimum atomic E-state index is 0.545. The minimum absolute atomic E-state index is 0.545. The maximum atomic E-state index is 5.98. The average molecular weight is 317 g/mol. The second kappa shape index (κ2) is 5.01. The number of nitrogens with two attached hydrogens (primary N) is 1. The van der Waals surface area contributed by atoms with Crippen molar-refractivity contribution in [3.05, 3.63) is 52.8 Å². The van der Waals surface area contributed by atoms with Crippen molar-refractivity contribution in [2.24, 2.45) is 0 Å². The summed E-state index contributed by atoms with van der Waals surface area (Å²) in [6.45, 7) is 0.774. The highest BCUT2D eigenvalue weighted by atomic mass is 79.9. The maximum absolute atomic E-state index is 5.98. The van der Waals surface area contributed by atoms with Crippen molar-refractivity contribution in [3.63, 3.8) is 0 Å². The third kappa shape index (κ3) is 2.46. The highest BCUT2D eigenvalue weighted by Gasteiger charge is 2.08. The lowest BCUT2D eigenvalue weighted by Crippen LogP contribution is -2.06. The van der Waals surface area contributed by atoms with E-state index in [1.807, 2.05) is 41.0 Å². The van der Waals surface area contributed by atoms with Crippen LogP contribution in [0.25, 0.3) is 11.0 Å². The zero-order chi connectivity index (χ0) is 13.2. The van der Waals surface area contributed by atoms with Crippen LogP contribution in [0.2, 0.25) is 0 Å². The number of halogens is 1. The van der Waals surface area contributed by atoms with E-state index in [-0.39, 0.29) is 0 Å². The van der Waals surface area contributed by atoms with E-state index in [0.29, 0.717) is 5.95 Å². The number of rotatable bonds is 3. The third-order valence-electron chi connectivity index (χ3n) is 3.06. The molecule has 3 aromatic rings. The van der Waals surface area contributed by atoms with Crippen molar-refractivity contribution in [2.45, 2.75) is 13.0 Å². The van der Waals surface area contributed by atoms with Crippen LogP contribution in [-0.2, 0) is 13.0 Å². The van der Waals surface area contributed by atoms with Gasteiger partial charge in [0.25, 0.3) is 0 Å². The molecule has 0 aliphatic rings. The molecule has 0 radical (unpaired) electrons. The molecule has 2 N–H and O–H groups in total. The Morgan fingerprint density at radius 3 is 2.89 bits per heavy atom. The van der Waals surface area contributed by atoms with Gasteiger partial charge in [0.15, 0.2) is 0 Å². The smallest absolute Gasteiger partial charge is 0.201 e. The number of benzene rings is 1. The molecule has 0 bridgehead atoms. The SMILES string of the molecule is Nc1nc2ccc(Br)cc2n1CCc1ccccn1. The molecule has 0 saturated heterocycles. The average Bonchev–Trinajstić information content (AvgIpc) is 2.73. The number of pyridine rings is 1. The predicted molar refractivity (Wildman–Crippen MR) is 79.8 cm³/mol. The molecule has 96 valence electrons. The lowest BCUT2D eigenvalue weighted by Gasteiger charge is -2.06. The second-order valence-corrected chi connectivity index (χ2v) is 5.24. The number of nitrogens with zero attached hydrogens (tertiary/aromatic N) is 3. The van der Waals surface area contributed by atoms with Gasteiger partial charge in [0.05, 0.1) is 11.0 Å². The van der Waals surface area contributed by atoms with Gasteiger partial charge in [-0.05, 0) is 30.3 Å². The lowest BCUT2D eigenvalue weighted by atomic mass is 10.2. The molecule has 5 heteroatoms. The van der Waals surface area contributed by atoms with Crippen molar-refractivity contribution in [1.82, 2.24) is 14.5 Å². The van der Waals surface area contributed by atoms with Crippen LogP contribution in [0.5, 0.6) is 0 Å². The number of imidazole rings is 1. The molecule has 0 unspecified atom stereocenters. The van der Waals surface area contributed by atoms with Gasteiger partial charge in [-0.3, -0.25) is 4.98 Å². The number of aryl methyl sites for hydroxylation is 2. The van der Waals surface area contributed by atoms with Gasteiger partial charge in [-0.2, -0.15) is 0 Å². The first-order chi connectivity index (χ1) is 9.24. The zero-order valence-corrected chi connectivity index (χ0v) is 11.8. The Bertz CT molecular complexity index is 706. The largest absolute Gasteiger partial charge is 0.369 e. The fourth-order valence-electron chi connectivity index (χ4n) is 2.12. The molecule has 0 spiro atoms. The summed E-state index contributed by atoms with van der Waals surface area (Å²) in [7, 11) is 0. The topological polar surface area (TPSA) is 56.7 Å². The fraction of sp³-hybridized carbons (Fsp3) is 0.143. The maximum Gasteiger partial charge on any atom is 0.201 e. The third-order valence-corrected chi connectivity index (χ3v) is 3.55. The first kappa shape index (κ1) is 12.2. The van der Waals surface area contributed by atoms with E-state index in [2.05, 4.69) is 25.9 Å². The normalized spacial score (nSPS) is 11.0. The molecule has 0 amide bonds. The summed E-state index contributed by atoms with van der Waals surface area (Å²) >= 11 is 3.48. The number of hydrogen-bond donors (Lipinski definition) is 1. The van der Waals surface area contributed by atoms with E-state index in [9.17, 15) is 0 Å². The molecular formula is C14H13BrN4. The Morgan fingerprint density at radius 1 is 1.21 bits per heavy atom. The molecule has 19 heavy (non-hydrogen) atoms. The Balaban J connectivity index is 1.92. The Labute approximate surface area is 119 Å². The Morgan fingerprint density at radius 2 is 2.11 bits per heavy atom. The van der Waals surface area contributed by atoms with Crippen molar-refractivity contribution in [3.8, 4) is 0 Å². The van der Waals surface area contributed by atoms with Crippen LogP contribution in [-0.4, -0.2) is 14.5 Å². The summed E-state index contributed by atoms with van der Waals surface area (Å²) in [5.74, 6) is 0.545. The van der Waals surface area contributed by atoms with E-state index in [0.717, 1.165) is 34.2 Å². The van der Waals surface area contributed by atoms with Crippen LogP contribution < -0.4 is 5.73 Å². The van der Waals surface area contributed by atoms with Crippen LogP contribution in [0.1, 0.15) is 5.69 Å². The number of hydrogen-bond acceptors (Lipinski definition) is 3. The number of aromatic nitrogens is 3. The standard InChI is InChI=1S/C14H13BrN4/c15-10-4-5-12-13(9-10)19(14(16)18-12)8-6-11-3-1-2-7-17-11/h1-5,7,9H,6,8H2,(H2,16,18). The van der Waals surface area contributed by atoms with Gasteiger partial charge in [0.1, 0.15) is 0 Å². The molecular weight excluding hydrogens is 304 g/mol. The predicted octanol–water partition coefficient (Wildman–Crippen LogP) is 3.02. The number of nitrogen functional groups attached to an aromatic ring is 1. The van der Waals surface area contributed by atoms with Crippen LogP contribution in [0.4, 0.5) is 5.95 Å². The van der Waals surface area contributed by atoms with Crippen LogP contribution >= 0.6 is 15.9 Å². The van der Waals surface area contributed by atoms with Crippen molar-refractivity contribution in [1.29, 1.82) is 0 Å². The van der Waals surface area contributed by atoms with Gasteiger partial charge in [0.2, 0.25) is 5.95 Å². The van der Waals surface area contributed by atoms with E-state index in [1.54, 1.807) is 6.20 Å². The molecule has 2 heterocycles. The molecule has 0 aliphatic carbocycles. The summed E-state index contributed by atoms with van der Waals surface area (Å²) in [5, 5.41) is 0. The van der Waals surface area contributed by atoms with Crippen LogP contribution in [0.3, 0.4) is 0 Å². The summed E-state index contributed by atoms with van der Waals surface area (Å²) < 4.78 is 3.05. The summed E-state index contributed by atoms with van der Waals surface area (Å²) in [4.78, 5) is 8.69. The first-order valence-electron chi connectivity index (χ1n) is 6.05. The van der Waals surface area contributed by atoms with Crippen LogP contribution in [0.15, 0.2) is 47.1 Å². The summed E-state index contributed by atoms with van der Waals surface area (Å²) in [6.07, 6.45) is 2.64. The minimum Gasteiger partial charge on any atom is -0.369 e.